The minimum absolute atomic E-state index is 0.175. The van der Waals surface area contributed by atoms with E-state index in [-0.39, 0.29) is 13.4 Å². The van der Waals surface area contributed by atoms with Crippen LogP contribution in [-0.4, -0.2) is 19.4 Å². The number of benzene rings is 2. The zero-order chi connectivity index (χ0) is 17.5. The van der Waals surface area contributed by atoms with Crippen LogP contribution in [0.15, 0.2) is 61.2 Å². The predicted molar refractivity (Wildman–Crippen MR) is 93.5 cm³/mol. The van der Waals surface area contributed by atoms with Crippen molar-refractivity contribution in [1.82, 2.24) is 0 Å². The molecule has 0 radical (unpaired) electrons. The molecule has 25 heavy (non-hydrogen) atoms. The molecule has 2 aromatic rings. The van der Waals surface area contributed by atoms with Crippen molar-refractivity contribution in [2.45, 2.75) is 6.61 Å². The van der Waals surface area contributed by atoms with Crippen LogP contribution in [0.4, 0.5) is 0 Å². The number of carbonyl (C=O) groups excluding carboxylic acids is 1. The van der Waals surface area contributed by atoms with Crippen LogP contribution in [0.1, 0.15) is 11.1 Å². The molecule has 0 fully saturated rings. The molecular formula is C20H18O5. The Kier molecular flexibility index (Phi) is 5.36. The maximum atomic E-state index is 11.8. The fourth-order valence-electron chi connectivity index (χ4n) is 2.23. The molecule has 0 saturated heterocycles. The van der Waals surface area contributed by atoms with Crippen LogP contribution >= 0.6 is 0 Å². The second-order valence-electron chi connectivity index (χ2n) is 5.30. The SMILES string of the molecule is C=CCOc1ccc(/C=C/C(=O)OCc2ccc3c(c2)OCO3)cc1. The van der Waals surface area contributed by atoms with Crippen molar-refractivity contribution in [2.24, 2.45) is 0 Å². The molecule has 5 heteroatoms. The summed E-state index contributed by atoms with van der Waals surface area (Å²) in [7, 11) is 0. The predicted octanol–water partition coefficient (Wildman–Crippen LogP) is 3.74. The summed E-state index contributed by atoms with van der Waals surface area (Å²) >= 11 is 0. The number of carbonyl (C=O) groups is 1. The number of ether oxygens (including phenoxy) is 4. The third-order valence-corrected chi connectivity index (χ3v) is 3.48. The van der Waals surface area contributed by atoms with Gasteiger partial charge < -0.3 is 18.9 Å². The highest BCUT2D eigenvalue weighted by Crippen LogP contribution is 2.32. The molecule has 0 saturated carbocycles. The molecule has 0 atom stereocenters. The van der Waals surface area contributed by atoms with Crippen LogP contribution in [0.25, 0.3) is 6.08 Å². The van der Waals surface area contributed by atoms with Gasteiger partial charge in [-0.3, -0.25) is 0 Å². The molecule has 1 aliphatic heterocycles. The summed E-state index contributed by atoms with van der Waals surface area (Å²) in [6, 6.07) is 12.8. The summed E-state index contributed by atoms with van der Waals surface area (Å²) in [5, 5.41) is 0. The monoisotopic (exact) mass is 338 g/mol. The van der Waals surface area contributed by atoms with Crippen LogP contribution in [0.2, 0.25) is 0 Å². The van der Waals surface area contributed by atoms with Gasteiger partial charge in [-0.15, -0.1) is 0 Å². The Morgan fingerprint density at radius 1 is 1.12 bits per heavy atom. The first-order valence-electron chi connectivity index (χ1n) is 7.82. The van der Waals surface area contributed by atoms with E-state index in [1.165, 1.54) is 6.08 Å². The Balaban J connectivity index is 1.50. The second kappa shape index (κ2) is 8.06. The summed E-state index contributed by atoms with van der Waals surface area (Å²) < 4.78 is 21.2. The molecule has 1 aliphatic rings. The van der Waals surface area contributed by atoms with Gasteiger partial charge in [-0.2, -0.15) is 0 Å². The van der Waals surface area contributed by atoms with Gasteiger partial charge in [0.15, 0.2) is 11.5 Å². The van der Waals surface area contributed by atoms with Crippen LogP contribution in [0.5, 0.6) is 17.2 Å². The Morgan fingerprint density at radius 3 is 2.72 bits per heavy atom. The average Bonchev–Trinajstić information content (AvgIpc) is 3.11. The minimum Gasteiger partial charge on any atom is -0.490 e. The van der Waals surface area contributed by atoms with E-state index in [4.69, 9.17) is 18.9 Å². The van der Waals surface area contributed by atoms with E-state index < -0.39 is 5.97 Å². The van der Waals surface area contributed by atoms with Crippen LogP contribution in [-0.2, 0) is 16.1 Å². The average molecular weight is 338 g/mol. The molecule has 0 aliphatic carbocycles. The first-order valence-corrected chi connectivity index (χ1v) is 7.82. The van der Waals surface area contributed by atoms with Crippen molar-refractivity contribution in [1.29, 1.82) is 0 Å². The standard InChI is InChI=1S/C20H18O5/c1-2-11-22-17-7-3-15(4-8-17)6-10-20(21)23-13-16-5-9-18-19(12-16)25-14-24-18/h2-10,12H,1,11,13-14H2/b10-6+. The van der Waals surface area contributed by atoms with Crippen LogP contribution in [0, 0.1) is 0 Å². The molecule has 1 heterocycles. The molecule has 2 aromatic carbocycles. The van der Waals surface area contributed by atoms with E-state index in [9.17, 15) is 4.79 Å². The molecule has 128 valence electrons. The zero-order valence-electron chi connectivity index (χ0n) is 13.6. The number of rotatable bonds is 7. The molecule has 0 spiro atoms. The van der Waals surface area contributed by atoms with Crippen molar-refractivity contribution < 1.29 is 23.7 Å². The summed E-state index contributed by atoms with van der Waals surface area (Å²) in [4.78, 5) is 11.8. The molecule has 0 N–H and O–H groups in total. The smallest absolute Gasteiger partial charge is 0.331 e. The largest absolute Gasteiger partial charge is 0.490 e. The summed E-state index contributed by atoms with van der Waals surface area (Å²) in [6.07, 6.45) is 4.77. The molecule has 0 aromatic heterocycles. The fraction of sp³-hybridized carbons (Fsp3) is 0.150. The summed E-state index contributed by atoms with van der Waals surface area (Å²) in [5.74, 6) is 1.71. The van der Waals surface area contributed by atoms with Gasteiger partial charge in [0.25, 0.3) is 0 Å². The lowest BCUT2D eigenvalue weighted by atomic mass is 10.2. The maximum Gasteiger partial charge on any atom is 0.331 e. The number of hydrogen-bond donors (Lipinski definition) is 0. The highest BCUT2D eigenvalue weighted by Gasteiger charge is 2.13. The van der Waals surface area contributed by atoms with Crippen molar-refractivity contribution in [2.75, 3.05) is 13.4 Å². The molecule has 0 unspecified atom stereocenters. The maximum absolute atomic E-state index is 11.8. The van der Waals surface area contributed by atoms with Crippen LogP contribution < -0.4 is 14.2 Å². The van der Waals surface area contributed by atoms with E-state index >= 15 is 0 Å². The van der Waals surface area contributed by atoms with Gasteiger partial charge in [-0.1, -0.05) is 30.9 Å². The first kappa shape index (κ1) is 16.6. The zero-order valence-corrected chi connectivity index (χ0v) is 13.6. The van der Waals surface area contributed by atoms with E-state index in [0.29, 0.717) is 18.1 Å². The molecule has 3 rings (SSSR count). The van der Waals surface area contributed by atoms with Gasteiger partial charge >= 0.3 is 5.97 Å². The highest BCUT2D eigenvalue weighted by molar-refractivity contribution is 5.87. The van der Waals surface area contributed by atoms with E-state index in [1.54, 1.807) is 24.3 Å². The second-order valence-corrected chi connectivity index (χ2v) is 5.30. The highest BCUT2D eigenvalue weighted by atomic mass is 16.7. The van der Waals surface area contributed by atoms with Crippen molar-refractivity contribution >= 4 is 12.0 Å². The topological polar surface area (TPSA) is 54.0 Å². The lowest BCUT2D eigenvalue weighted by Gasteiger charge is -2.04. The first-order chi connectivity index (χ1) is 12.2. The van der Waals surface area contributed by atoms with E-state index in [0.717, 1.165) is 16.9 Å². The third-order valence-electron chi connectivity index (χ3n) is 3.48. The lowest BCUT2D eigenvalue weighted by Crippen LogP contribution is -2.00. The molecular weight excluding hydrogens is 320 g/mol. The Labute approximate surface area is 146 Å². The van der Waals surface area contributed by atoms with Crippen LogP contribution in [0.3, 0.4) is 0 Å². The quantitative estimate of drug-likeness (QED) is 0.437. The summed E-state index contributed by atoms with van der Waals surface area (Å²) in [5.41, 5.74) is 1.72. The van der Waals surface area contributed by atoms with Gasteiger partial charge in [0, 0.05) is 6.08 Å². The van der Waals surface area contributed by atoms with E-state index in [2.05, 4.69) is 6.58 Å². The Morgan fingerprint density at radius 2 is 1.92 bits per heavy atom. The summed E-state index contributed by atoms with van der Waals surface area (Å²) in [6.45, 7) is 4.45. The van der Waals surface area contributed by atoms with E-state index in [1.807, 2.05) is 30.3 Å². The van der Waals surface area contributed by atoms with Gasteiger partial charge in [-0.25, -0.2) is 4.79 Å². The van der Waals surface area contributed by atoms with Crippen molar-refractivity contribution in [3.05, 3.63) is 72.3 Å². The number of fused-ring (bicyclic) bond motifs is 1. The Hall–Kier alpha value is -3.21. The van der Waals surface area contributed by atoms with Gasteiger partial charge in [0.05, 0.1) is 0 Å². The van der Waals surface area contributed by atoms with Crippen molar-refractivity contribution in [3.63, 3.8) is 0 Å². The molecule has 0 bridgehead atoms. The number of hydrogen-bond acceptors (Lipinski definition) is 5. The molecule has 0 amide bonds. The third kappa shape index (κ3) is 4.64. The normalized spacial score (nSPS) is 12.2. The Bertz CT molecular complexity index is 777. The van der Waals surface area contributed by atoms with Crippen molar-refractivity contribution in [3.8, 4) is 17.2 Å². The minimum atomic E-state index is -0.412. The lowest BCUT2D eigenvalue weighted by molar-refractivity contribution is -0.138. The van der Waals surface area contributed by atoms with Gasteiger partial charge in [0.2, 0.25) is 6.79 Å². The molecule has 5 nitrogen and oxygen atoms in total. The van der Waals surface area contributed by atoms with Gasteiger partial charge in [0.1, 0.15) is 19.0 Å². The number of esters is 1. The fourth-order valence-corrected chi connectivity index (χ4v) is 2.23. The van der Waals surface area contributed by atoms with Gasteiger partial charge in [-0.05, 0) is 41.5 Å².